The van der Waals surface area contributed by atoms with Crippen molar-refractivity contribution >= 4 is 124 Å². The molecule has 1 unspecified atom stereocenters. The molecule has 0 aliphatic carbocycles. The summed E-state index contributed by atoms with van der Waals surface area (Å²) in [5.41, 5.74) is 6.19. The van der Waals surface area contributed by atoms with Gasteiger partial charge in [-0.25, -0.2) is 82.3 Å². The first-order valence-electron chi connectivity index (χ1n) is 39.3. The molecule has 0 amide bonds. The number of rotatable bonds is 18. The number of halogens is 9. The largest absolute Gasteiger partial charge is 0.354 e. The molecule has 0 bridgehead atoms. The Morgan fingerprint density at radius 2 is 0.727 bits per heavy atom. The van der Waals surface area contributed by atoms with Gasteiger partial charge in [0.15, 0.2) is 11.6 Å². The van der Waals surface area contributed by atoms with Crippen molar-refractivity contribution in [2.45, 2.75) is 53.6 Å². The first-order chi connectivity index (χ1) is 61.5. The molecule has 0 saturated heterocycles. The standard InChI is InChI=1S/C29H19F2N3O2S2.C23H16BrF2NO3S.C23H15F2N3S.C23H17F2NO3S/c1-18-28(33-29(37-18)20-7-6-14-32-17-20)19-12-13-25-21(15-19)16-26(27-23(30)10-5-11-24(27)31)34(25)38(35,36)22-8-3-2-4-9-22;1-14(24)23(28)15-10-11-20-16(12-15)13-21(22-18(25)8-5-9-19(22)26)27(20)31(29,30)17-6-3-2-4-7-17;1-13-22(28-23(29-13)15-4-3-9-26-12-15)14-7-8-19-16(10-14)11-20(27-19)21-17(24)5-2-6-18(21)25;1-2-22(27)15-11-12-20-16(13-15)14-21(23-18(24)9-6-10-19(23)25)26(20)30(28,29)17-7-4-3-5-8-17/h2-17H,1H3;2-14H,1H3;2-12,27H,1H3;3-14H,2H2,1H3. The number of H-pyrrole nitrogens is 1. The van der Waals surface area contributed by atoms with Crippen LogP contribution in [0.15, 0.2) is 325 Å². The highest BCUT2D eigenvalue weighted by Crippen LogP contribution is 2.43. The Balaban J connectivity index is 0.000000126. The number of nitrogens with zero attached hydrogens (tertiary/aromatic N) is 7. The summed E-state index contributed by atoms with van der Waals surface area (Å²) >= 11 is 6.37. The number of ketones is 2. The monoisotopic (exact) mass is 1870 g/mol. The van der Waals surface area contributed by atoms with E-state index in [1.54, 1.807) is 135 Å². The molecule has 11 aromatic carbocycles. The lowest BCUT2D eigenvalue weighted by Crippen LogP contribution is -2.15. The molecule has 640 valence electrons. The summed E-state index contributed by atoms with van der Waals surface area (Å²) < 4.78 is 201. The summed E-state index contributed by atoms with van der Waals surface area (Å²) in [7, 11) is -12.6. The number of hydrogen-bond acceptors (Lipinski definition) is 14. The number of carbonyl (C=O) groups is 2. The van der Waals surface area contributed by atoms with E-state index in [9.17, 15) is 70.0 Å². The van der Waals surface area contributed by atoms with Crippen molar-refractivity contribution in [3.8, 4) is 88.7 Å². The lowest BCUT2D eigenvalue weighted by Gasteiger charge is -2.13. The molecule has 0 fully saturated rings. The van der Waals surface area contributed by atoms with E-state index in [4.69, 9.17) is 9.97 Å². The highest BCUT2D eigenvalue weighted by molar-refractivity contribution is 9.10. The number of aromatic amines is 1. The van der Waals surface area contributed by atoms with Gasteiger partial charge in [0.2, 0.25) is 0 Å². The molecule has 0 aliphatic heterocycles. The number of aromatic nitrogens is 8. The number of pyridine rings is 2. The van der Waals surface area contributed by atoms with Crippen LogP contribution in [0.3, 0.4) is 0 Å². The normalized spacial score (nSPS) is 11.9. The van der Waals surface area contributed by atoms with Crippen molar-refractivity contribution in [1.29, 1.82) is 0 Å². The van der Waals surface area contributed by atoms with Gasteiger partial charge in [-0.1, -0.05) is 114 Å². The van der Waals surface area contributed by atoms with Gasteiger partial charge in [-0.15, -0.1) is 22.7 Å². The molecular weight excluding hydrogens is 1810 g/mol. The van der Waals surface area contributed by atoms with Crippen LogP contribution in [0, 0.1) is 60.4 Å². The smallest absolute Gasteiger partial charge is 0.268 e. The highest BCUT2D eigenvalue weighted by atomic mass is 79.9. The number of Topliss-reactive ketones (excluding diaryl/α,β-unsaturated/α-hetero) is 2. The van der Waals surface area contributed by atoms with E-state index in [1.165, 1.54) is 133 Å². The Kier molecular flexibility index (Phi) is 24.9. The topological polar surface area (TPSA) is 219 Å². The fourth-order valence-electron chi connectivity index (χ4n) is 14.8. The van der Waals surface area contributed by atoms with E-state index in [0.717, 1.165) is 113 Å². The van der Waals surface area contributed by atoms with E-state index in [2.05, 4.69) is 30.9 Å². The second kappa shape index (κ2) is 36.3. The summed E-state index contributed by atoms with van der Waals surface area (Å²) in [6.45, 7) is 7.39. The predicted octanol–water partition coefficient (Wildman–Crippen LogP) is 25.1. The lowest BCUT2D eigenvalue weighted by atomic mass is 10.1. The molecular formula is C98H67BrF8N8O8S5. The van der Waals surface area contributed by atoms with Crippen LogP contribution < -0.4 is 0 Å². The first kappa shape index (κ1) is 87.7. The Labute approximate surface area is 744 Å². The maximum atomic E-state index is 14.9. The minimum atomic E-state index is -4.19. The molecule has 19 aromatic rings. The first-order valence-corrected chi connectivity index (χ1v) is 46.1. The third-order valence-corrected chi connectivity index (χ3v) is 28.6. The molecule has 1 N–H and O–H groups in total. The van der Waals surface area contributed by atoms with Crippen molar-refractivity contribution < 1.29 is 70.0 Å². The third kappa shape index (κ3) is 17.2. The van der Waals surface area contributed by atoms with Gasteiger partial charge in [-0.05, 0) is 215 Å². The molecule has 0 saturated carbocycles. The van der Waals surface area contributed by atoms with E-state index < -0.39 is 98.1 Å². The molecule has 19 rings (SSSR count). The summed E-state index contributed by atoms with van der Waals surface area (Å²) in [6, 6.07) is 70.9. The van der Waals surface area contributed by atoms with Crippen LogP contribution in [0.2, 0.25) is 0 Å². The summed E-state index contributed by atoms with van der Waals surface area (Å²) in [5, 5.41) is 3.87. The van der Waals surface area contributed by atoms with E-state index >= 15 is 0 Å². The second-order valence-corrected chi connectivity index (χ2v) is 38.3. The average molecular weight is 1880 g/mol. The fourth-order valence-corrected chi connectivity index (χ4v) is 21.6. The van der Waals surface area contributed by atoms with Crippen LogP contribution in [0.4, 0.5) is 35.1 Å². The molecule has 128 heavy (non-hydrogen) atoms. The van der Waals surface area contributed by atoms with Gasteiger partial charge in [0.25, 0.3) is 30.1 Å². The zero-order valence-electron chi connectivity index (χ0n) is 67.6. The predicted molar refractivity (Wildman–Crippen MR) is 488 cm³/mol. The van der Waals surface area contributed by atoms with Gasteiger partial charge >= 0.3 is 0 Å². The minimum absolute atomic E-state index is 0.0102. The van der Waals surface area contributed by atoms with Gasteiger partial charge in [0.05, 0.1) is 92.5 Å². The molecule has 16 nitrogen and oxygen atoms in total. The van der Waals surface area contributed by atoms with Crippen molar-refractivity contribution in [1.82, 2.24) is 36.8 Å². The second-order valence-electron chi connectivity index (χ2n) is 29.1. The SMILES string of the molecule is CC(Br)C(=O)c1ccc2c(c1)cc(-c1c(F)cccc1F)n2S(=O)(=O)c1ccccc1.CCC(=O)c1ccc2c(c1)cc(-c1c(F)cccc1F)n2S(=O)(=O)c1ccccc1.Cc1sc(-c2cccnc2)nc1-c1ccc2[nH]c(-c3c(F)cccc3F)cc2c1.Cc1sc(-c2cccnc2)nc1-c1ccc2c(c1)cc(-c1c(F)cccc1F)n2S(=O)(=O)c1ccccc1. The number of alkyl halides is 1. The summed E-state index contributed by atoms with van der Waals surface area (Å²) in [4.78, 5) is 47.1. The van der Waals surface area contributed by atoms with Gasteiger partial charge in [0.1, 0.15) is 56.6 Å². The Morgan fingerprint density at radius 1 is 0.383 bits per heavy atom. The molecule has 1 atom stereocenters. The number of nitrogens with one attached hydrogen (secondary N) is 1. The van der Waals surface area contributed by atoms with Crippen molar-refractivity contribution in [3.05, 3.63) is 377 Å². The zero-order chi connectivity index (χ0) is 90.2. The quantitative estimate of drug-likeness (QED) is 0.0482. The lowest BCUT2D eigenvalue weighted by molar-refractivity contribution is 0.0983. The van der Waals surface area contributed by atoms with Gasteiger partial charge < -0.3 is 4.98 Å². The number of benzene rings is 11. The van der Waals surface area contributed by atoms with Crippen molar-refractivity contribution in [3.63, 3.8) is 0 Å². The van der Waals surface area contributed by atoms with Crippen LogP contribution in [0.5, 0.6) is 0 Å². The maximum absolute atomic E-state index is 14.9. The van der Waals surface area contributed by atoms with E-state index in [1.807, 2.05) is 56.3 Å². The third-order valence-electron chi connectivity index (χ3n) is 20.9. The molecule has 30 heteroatoms. The van der Waals surface area contributed by atoms with Crippen LogP contribution in [0.25, 0.3) is 132 Å². The molecule has 8 aromatic heterocycles. The minimum Gasteiger partial charge on any atom is -0.354 e. The van der Waals surface area contributed by atoms with Crippen LogP contribution in [-0.2, 0) is 30.1 Å². The number of aryl methyl sites for hydroxylation is 2. The van der Waals surface area contributed by atoms with Crippen molar-refractivity contribution in [2.24, 2.45) is 0 Å². The number of thiazole rings is 2. The zero-order valence-corrected chi connectivity index (χ0v) is 73.2. The molecule has 8 heterocycles. The van der Waals surface area contributed by atoms with E-state index in [-0.39, 0.29) is 66.4 Å². The number of hydrogen-bond donors (Lipinski definition) is 1. The molecule has 0 aliphatic rings. The number of carbonyl (C=O) groups excluding carboxylic acids is 2. The Hall–Kier alpha value is -13.8. The number of fused-ring (bicyclic) bond motifs is 4. The average Bonchev–Trinajstić information content (AvgIpc) is 1.55. The van der Waals surface area contributed by atoms with Crippen molar-refractivity contribution in [2.75, 3.05) is 0 Å². The Morgan fingerprint density at radius 3 is 1.09 bits per heavy atom. The van der Waals surface area contributed by atoms with Crippen LogP contribution in [0.1, 0.15) is 50.7 Å². The van der Waals surface area contributed by atoms with Gasteiger partial charge in [-0.2, -0.15) is 0 Å². The summed E-state index contributed by atoms with van der Waals surface area (Å²) in [5.74, 6) is -6.74. The molecule has 0 spiro atoms. The van der Waals surface area contributed by atoms with Gasteiger partial charge in [-0.3, -0.25) is 19.6 Å². The van der Waals surface area contributed by atoms with Crippen LogP contribution >= 0.6 is 38.6 Å². The van der Waals surface area contributed by atoms with Gasteiger partial charge in [0, 0.05) is 101 Å². The molecule has 0 radical (unpaired) electrons. The Bertz CT molecular complexity index is 7810. The highest BCUT2D eigenvalue weighted by Gasteiger charge is 2.32. The fraction of sp³-hybridized carbons (Fsp3) is 0.0612. The van der Waals surface area contributed by atoms with Crippen LogP contribution in [-0.4, -0.2) is 78.5 Å². The summed E-state index contributed by atoms with van der Waals surface area (Å²) in [6.07, 6.45) is 7.26. The van der Waals surface area contributed by atoms with E-state index in [0.29, 0.717) is 38.5 Å². The maximum Gasteiger partial charge on any atom is 0.268 e.